The molecule has 1 fully saturated rings. The van der Waals surface area contributed by atoms with Gasteiger partial charge in [-0.25, -0.2) is 0 Å². The Kier molecular flexibility index (Phi) is 4.40. The van der Waals surface area contributed by atoms with E-state index in [1.54, 1.807) is 13.8 Å². The number of nitrogens with one attached hydrogen (secondary N) is 1. The van der Waals surface area contributed by atoms with Crippen LogP contribution in [-0.4, -0.2) is 42.9 Å². The number of nitrogens with zero attached hydrogens (tertiary/aromatic N) is 1. The Hall–Kier alpha value is -0.660. The minimum absolute atomic E-state index is 0.0437. The highest BCUT2D eigenvalue weighted by molar-refractivity contribution is 7.87. The summed E-state index contributed by atoms with van der Waals surface area (Å²) in [4.78, 5) is 11.4. The van der Waals surface area contributed by atoms with Crippen LogP contribution in [0.1, 0.15) is 34.1 Å². The number of carboxylic acid groups (broad SMARTS) is 1. The first-order chi connectivity index (χ1) is 8.12. The van der Waals surface area contributed by atoms with Crippen molar-refractivity contribution in [3.05, 3.63) is 0 Å². The number of rotatable bonds is 5. The van der Waals surface area contributed by atoms with Crippen molar-refractivity contribution in [1.82, 2.24) is 9.03 Å². The highest BCUT2D eigenvalue weighted by Crippen LogP contribution is 2.38. The number of carbonyl (C=O) groups is 1. The summed E-state index contributed by atoms with van der Waals surface area (Å²) in [7, 11) is -3.58. The van der Waals surface area contributed by atoms with Crippen molar-refractivity contribution in [3.63, 3.8) is 0 Å². The molecule has 0 amide bonds. The van der Waals surface area contributed by atoms with Crippen LogP contribution < -0.4 is 4.72 Å². The van der Waals surface area contributed by atoms with Crippen LogP contribution in [0.15, 0.2) is 0 Å². The van der Waals surface area contributed by atoms with E-state index >= 15 is 0 Å². The summed E-state index contributed by atoms with van der Waals surface area (Å²) in [5, 5.41) is 9.36. The molecule has 0 aromatic carbocycles. The topological polar surface area (TPSA) is 86.7 Å². The van der Waals surface area contributed by atoms with E-state index in [9.17, 15) is 18.3 Å². The molecule has 0 aromatic heterocycles. The standard InChI is InChI=1S/C11H22N2O4S/c1-8(2)11(10(14)15)5-6-13(7-11)18(16,17)12-9(3)4/h8-9,12H,5-7H2,1-4H3,(H,14,15). The van der Waals surface area contributed by atoms with Crippen molar-refractivity contribution in [2.75, 3.05) is 13.1 Å². The van der Waals surface area contributed by atoms with Crippen LogP contribution in [0.4, 0.5) is 0 Å². The first kappa shape index (κ1) is 15.4. The highest BCUT2D eigenvalue weighted by Gasteiger charge is 2.50. The van der Waals surface area contributed by atoms with E-state index in [1.165, 1.54) is 4.31 Å². The first-order valence-corrected chi connectivity index (χ1v) is 7.56. The van der Waals surface area contributed by atoms with E-state index in [-0.39, 0.29) is 25.0 Å². The van der Waals surface area contributed by atoms with Crippen LogP contribution in [0.5, 0.6) is 0 Å². The smallest absolute Gasteiger partial charge is 0.311 e. The summed E-state index contributed by atoms with van der Waals surface area (Å²) in [5.41, 5.74) is -0.967. The third kappa shape index (κ3) is 2.84. The van der Waals surface area contributed by atoms with Crippen LogP contribution in [0, 0.1) is 11.3 Å². The van der Waals surface area contributed by atoms with Crippen molar-refractivity contribution < 1.29 is 18.3 Å². The quantitative estimate of drug-likeness (QED) is 0.773. The lowest BCUT2D eigenvalue weighted by atomic mass is 9.77. The van der Waals surface area contributed by atoms with E-state index in [0.717, 1.165) is 0 Å². The van der Waals surface area contributed by atoms with Gasteiger partial charge in [-0.2, -0.15) is 17.4 Å². The molecule has 0 saturated carbocycles. The molecule has 1 saturated heterocycles. The third-order valence-corrected chi connectivity index (χ3v) is 5.28. The van der Waals surface area contributed by atoms with Gasteiger partial charge in [-0.1, -0.05) is 13.8 Å². The molecule has 1 rings (SSSR count). The molecule has 0 spiro atoms. The molecule has 18 heavy (non-hydrogen) atoms. The third-order valence-electron chi connectivity index (χ3n) is 3.52. The minimum atomic E-state index is -3.58. The van der Waals surface area contributed by atoms with E-state index in [2.05, 4.69) is 4.72 Å². The SMILES string of the molecule is CC(C)NS(=O)(=O)N1CCC(C(=O)O)(C(C)C)C1. The van der Waals surface area contributed by atoms with Crippen molar-refractivity contribution in [1.29, 1.82) is 0 Å². The van der Waals surface area contributed by atoms with Crippen LogP contribution in [-0.2, 0) is 15.0 Å². The molecule has 1 atom stereocenters. The predicted octanol–water partition coefficient (Wildman–Crippen LogP) is 0.662. The Labute approximate surface area is 109 Å². The van der Waals surface area contributed by atoms with Gasteiger partial charge in [0, 0.05) is 19.1 Å². The monoisotopic (exact) mass is 278 g/mol. The van der Waals surface area contributed by atoms with Crippen molar-refractivity contribution >= 4 is 16.2 Å². The Morgan fingerprint density at radius 1 is 1.33 bits per heavy atom. The molecule has 1 unspecified atom stereocenters. The molecule has 7 heteroatoms. The second-order valence-electron chi connectivity index (χ2n) is 5.48. The molecule has 1 aliphatic heterocycles. The van der Waals surface area contributed by atoms with Gasteiger partial charge in [0.25, 0.3) is 10.2 Å². The highest BCUT2D eigenvalue weighted by atomic mass is 32.2. The Morgan fingerprint density at radius 3 is 2.22 bits per heavy atom. The Bertz CT molecular complexity index is 419. The first-order valence-electron chi connectivity index (χ1n) is 6.12. The maximum atomic E-state index is 12.0. The number of hydrogen-bond donors (Lipinski definition) is 2. The minimum Gasteiger partial charge on any atom is -0.481 e. The van der Waals surface area contributed by atoms with Crippen molar-refractivity contribution in [2.24, 2.45) is 11.3 Å². The van der Waals surface area contributed by atoms with Gasteiger partial charge in [0.15, 0.2) is 0 Å². The van der Waals surface area contributed by atoms with Gasteiger partial charge in [-0.05, 0) is 26.2 Å². The molecular weight excluding hydrogens is 256 g/mol. The fourth-order valence-electron chi connectivity index (χ4n) is 2.27. The summed E-state index contributed by atoms with van der Waals surface area (Å²) >= 11 is 0. The van der Waals surface area contributed by atoms with Crippen LogP contribution in [0.2, 0.25) is 0 Å². The molecule has 0 bridgehead atoms. The fourth-order valence-corrected chi connectivity index (χ4v) is 3.74. The van der Waals surface area contributed by atoms with Gasteiger partial charge >= 0.3 is 5.97 Å². The second kappa shape index (κ2) is 5.14. The van der Waals surface area contributed by atoms with Crippen LogP contribution in [0.25, 0.3) is 0 Å². The van der Waals surface area contributed by atoms with Crippen LogP contribution >= 0.6 is 0 Å². The molecule has 106 valence electrons. The lowest BCUT2D eigenvalue weighted by Crippen LogP contribution is -2.45. The summed E-state index contributed by atoms with van der Waals surface area (Å²) in [6, 6.07) is -0.200. The normalized spacial score (nSPS) is 26.1. The van der Waals surface area contributed by atoms with Crippen LogP contribution in [0.3, 0.4) is 0 Å². The van der Waals surface area contributed by atoms with E-state index < -0.39 is 21.6 Å². The van der Waals surface area contributed by atoms with Gasteiger partial charge in [-0.3, -0.25) is 4.79 Å². The summed E-state index contributed by atoms with van der Waals surface area (Å²) < 4.78 is 27.7. The van der Waals surface area contributed by atoms with Gasteiger partial charge < -0.3 is 5.11 Å². The summed E-state index contributed by atoms with van der Waals surface area (Å²) in [6.07, 6.45) is 0.360. The second-order valence-corrected chi connectivity index (χ2v) is 7.18. The molecule has 0 aliphatic carbocycles. The molecule has 6 nitrogen and oxygen atoms in total. The largest absolute Gasteiger partial charge is 0.481 e. The summed E-state index contributed by atoms with van der Waals surface area (Å²) in [6.45, 7) is 7.41. The lowest BCUT2D eigenvalue weighted by Gasteiger charge is -2.28. The maximum Gasteiger partial charge on any atom is 0.311 e. The average molecular weight is 278 g/mol. The van der Waals surface area contributed by atoms with Gasteiger partial charge in [0.05, 0.1) is 5.41 Å². The van der Waals surface area contributed by atoms with Gasteiger partial charge in [0.2, 0.25) is 0 Å². The number of aliphatic carboxylic acids is 1. The van der Waals surface area contributed by atoms with Gasteiger partial charge in [-0.15, -0.1) is 0 Å². The Balaban J connectivity index is 2.91. The van der Waals surface area contributed by atoms with E-state index in [4.69, 9.17) is 0 Å². The molecule has 1 aliphatic rings. The maximum absolute atomic E-state index is 12.0. The molecule has 0 radical (unpaired) electrons. The fraction of sp³-hybridized carbons (Fsp3) is 0.909. The zero-order valence-electron chi connectivity index (χ0n) is 11.3. The van der Waals surface area contributed by atoms with Gasteiger partial charge in [0.1, 0.15) is 0 Å². The predicted molar refractivity (Wildman–Crippen MR) is 68.3 cm³/mol. The van der Waals surface area contributed by atoms with E-state index in [1.807, 2.05) is 13.8 Å². The average Bonchev–Trinajstić information content (AvgIpc) is 2.61. The molecule has 2 N–H and O–H groups in total. The van der Waals surface area contributed by atoms with E-state index in [0.29, 0.717) is 6.42 Å². The molecular formula is C11H22N2O4S. The number of carboxylic acids is 1. The van der Waals surface area contributed by atoms with Crippen molar-refractivity contribution in [3.8, 4) is 0 Å². The molecule has 0 aromatic rings. The Morgan fingerprint density at radius 2 is 1.89 bits per heavy atom. The zero-order chi connectivity index (χ0) is 14.1. The number of hydrogen-bond acceptors (Lipinski definition) is 3. The molecule has 1 heterocycles. The van der Waals surface area contributed by atoms with Crippen molar-refractivity contribution in [2.45, 2.75) is 40.2 Å². The lowest BCUT2D eigenvalue weighted by molar-refractivity contribution is -0.150. The summed E-state index contributed by atoms with van der Waals surface area (Å²) in [5.74, 6) is -1.02. The zero-order valence-corrected chi connectivity index (χ0v) is 12.1.